The predicted octanol–water partition coefficient (Wildman–Crippen LogP) is 0.669. The molecule has 0 bridgehead atoms. The summed E-state index contributed by atoms with van der Waals surface area (Å²) >= 11 is 0. The van der Waals surface area contributed by atoms with E-state index >= 15 is 0 Å². The molecular formula is C21H25N5O4. The number of benzene rings is 1. The second-order valence-corrected chi connectivity index (χ2v) is 8.02. The van der Waals surface area contributed by atoms with E-state index < -0.39 is 0 Å². The van der Waals surface area contributed by atoms with Crippen LogP contribution in [0.25, 0.3) is 0 Å². The lowest BCUT2D eigenvalue weighted by molar-refractivity contribution is -0.136. The highest BCUT2D eigenvalue weighted by molar-refractivity contribution is 5.80. The number of carbonyl (C=O) groups excluding carboxylic acids is 1. The van der Waals surface area contributed by atoms with Gasteiger partial charge in [-0.25, -0.2) is 5.10 Å². The highest BCUT2D eigenvalue weighted by Crippen LogP contribution is 2.33. The van der Waals surface area contributed by atoms with Crippen molar-refractivity contribution in [2.75, 3.05) is 51.0 Å². The van der Waals surface area contributed by atoms with Crippen LogP contribution < -0.4 is 19.9 Å². The number of aromatic nitrogens is 2. The number of piperazine rings is 1. The van der Waals surface area contributed by atoms with Crippen molar-refractivity contribution >= 4 is 11.6 Å². The van der Waals surface area contributed by atoms with Crippen molar-refractivity contribution in [2.45, 2.75) is 13.0 Å². The Morgan fingerprint density at radius 1 is 1.10 bits per heavy atom. The van der Waals surface area contributed by atoms with Gasteiger partial charge < -0.3 is 19.3 Å². The summed E-state index contributed by atoms with van der Waals surface area (Å²) in [5.41, 5.74) is 1.75. The Hall–Kier alpha value is -3.07. The number of nitrogens with zero attached hydrogens (tertiary/aromatic N) is 4. The number of carbonyl (C=O) groups is 1. The van der Waals surface area contributed by atoms with E-state index in [4.69, 9.17) is 9.47 Å². The average molecular weight is 411 g/mol. The second-order valence-electron chi connectivity index (χ2n) is 8.02. The zero-order valence-corrected chi connectivity index (χ0v) is 16.7. The molecule has 5 rings (SSSR count). The van der Waals surface area contributed by atoms with Crippen molar-refractivity contribution in [3.8, 4) is 11.5 Å². The van der Waals surface area contributed by atoms with Crippen LogP contribution in [-0.2, 0) is 11.3 Å². The maximum atomic E-state index is 13.0. The average Bonchev–Trinajstić information content (AvgIpc) is 3.43. The normalized spacial score (nSPS) is 21.3. The molecule has 0 spiro atoms. The van der Waals surface area contributed by atoms with Gasteiger partial charge in [-0.2, -0.15) is 5.10 Å². The molecule has 0 saturated carbocycles. The lowest BCUT2D eigenvalue weighted by atomic mass is 10.1. The number of anilines is 1. The molecule has 3 aliphatic rings. The Kier molecular flexibility index (Phi) is 5.04. The second kappa shape index (κ2) is 7.98. The van der Waals surface area contributed by atoms with E-state index in [1.165, 1.54) is 11.6 Å². The number of ether oxygens (including phenoxy) is 2. The molecular weight excluding hydrogens is 386 g/mol. The fourth-order valence-electron chi connectivity index (χ4n) is 4.42. The molecule has 1 aromatic carbocycles. The molecule has 1 aromatic heterocycles. The molecule has 30 heavy (non-hydrogen) atoms. The van der Waals surface area contributed by atoms with Gasteiger partial charge in [0.15, 0.2) is 11.5 Å². The van der Waals surface area contributed by atoms with Gasteiger partial charge in [0.25, 0.3) is 5.56 Å². The number of H-pyrrole nitrogens is 1. The van der Waals surface area contributed by atoms with Crippen molar-refractivity contribution in [3.05, 3.63) is 46.4 Å². The SMILES string of the molecule is O=C(C1CCN(c2cn[nH]c(=O)c2)C1)N1CCN(Cc2ccc3c(c2)OCO3)CC1. The van der Waals surface area contributed by atoms with E-state index in [9.17, 15) is 9.59 Å². The van der Waals surface area contributed by atoms with Crippen LogP contribution in [0.3, 0.4) is 0 Å². The zero-order chi connectivity index (χ0) is 20.5. The Labute approximate surface area is 174 Å². The van der Waals surface area contributed by atoms with Crippen molar-refractivity contribution < 1.29 is 14.3 Å². The number of amides is 1. The Bertz CT molecular complexity index is 985. The molecule has 1 unspecified atom stereocenters. The molecule has 1 amide bonds. The van der Waals surface area contributed by atoms with Crippen LogP contribution in [0.1, 0.15) is 12.0 Å². The first-order valence-electron chi connectivity index (χ1n) is 10.3. The van der Waals surface area contributed by atoms with E-state index in [-0.39, 0.29) is 24.2 Å². The van der Waals surface area contributed by atoms with Gasteiger partial charge in [0.2, 0.25) is 12.7 Å². The quantitative estimate of drug-likeness (QED) is 0.791. The lowest BCUT2D eigenvalue weighted by Crippen LogP contribution is -2.50. The standard InChI is InChI=1S/C21H25N5O4/c27-20-10-17(11-22-23-20)26-4-3-16(13-26)21(28)25-7-5-24(6-8-25)12-15-1-2-18-19(9-15)30-14-29-18/h1-2,9-11,16H,3-8,12-14H2,(H,23,27). The number of fused-ring (bicyclic) bond motifs is 1. The summed E-state index contributed by atoms with van der Waals surface area (Å²) in [6, 6.07) is 7.60. The molecule has 1 atom stereocenters. The summed E-state index contributed by atoms with van der Waals surface area (Å²) in [7, 11) is 0. The molecule has 2 fully saturated rings. The summed E-state index contributed by atoms with van der Waals surface area (Å²) in [6.45, 7) is 5.73. The first-order valence-corrected chi connectivity index (χ1v) is 10.3. The smallest absolute Gasteiger partial charge is 0.266 e. The third-order valence-electron chi connectivity index (χ3n) is 6.08. The third-order valence-corrected chi connectivity index (χ3v) is 6.08. The molecule has 4 heterocycles. The van der Waals surface area contributed by atoms with Crippen LogP contribution in [-0.4, -0.2) is 72.0 Å². The number of rotatable bonds is 4. The Morgan fingerprint density at radius 3 is 2.77 bits per heavy atom. The predicted molar refractivity (Wildman–Crippen MR) is 110 cm³/mol. The van der Waals surface area contributed by atoms with E-state index in [2.05, 4.69) is 26.1 Å². The van der Waals surface area contributed by atoms with Gasteiger partial charge in [0.1, 0.15) is 0 Å². The number of aromatic amines is 1. The zero-order valence-electron chi connectivity index (χ0n) is 16.7. The molecule has 9 nitrogen and oxygen atoms in total. The summed E-state index contributed by atoms with van der Waals surface area (Å²) in [4.78, 5) is 30.9. The van der Waals surface area contributed by atoms with Crippen molar-refractivity contribution in [1.29, 1.82) is 0 Å². The van der Waals surface area contributed by atoms with Crippen LogP contribution in [0.5, 0.6) is 11.5 Å². The van der Waals surface area contributed by atoms with Crippen LogP contribution in [0.15, 0.2) is 35.3 Å². The minimum Gasteiger partial charge on any atom is -0.454 e. The van der Waals surface area contributed by atoms with E-state index in [1.54, 1.807) is 6.20 Å². The fourth-order valence-corrected chi connectivity index (χ4v) is 4.42. The molecule has 3 aliphatic heterocycles. The first-order chi connectivity index (χ1) is 14.7. The van der Waals surface area contributed by atoms with Gasteiger partial charge in [0, 0.05) is 51.9 Å². The molecule has 158 valence electrons. The van der Waals surface area contributed by atoms with Crippen LogP contribution >= 0.6 is 0 Å². The van der Waals surface area contributed by atoms with Crippen LogP contribution in [0.2, 0.25) is 0 Å². The lowest BCUT2D eigenvalue weighted by Gasteiger charge is -2.36. The number of hydrogen-bond acceptors (Lipinski definition) is 7. The third kappa shape index (κ3) is 3.85. The fraction of sp³-hybridized carbons (Fsp3) is 0.476. The largest absolute Gasteiger partial charge is 0.454 e. The first kappa shape index (κ1) is 18.9. The van der Waals surface area contributed by atoms with Gasteiger partial charge in [-0.1, -0.05) is 6.07 Å². The Morgan fingerprint density at radius 2 is 1.93 bits per heavy atom. The monoisotopic (exact) mass is 411 g/mol. The van der Waals surface area contributed by atoms with E-state index in [0.717, 1.165) is 62.9 Å². The van der Waals surface area contributed by atoms with E-state index in [0.29, 0.717) is 6.54 Å². The number of nitrogens with one attached hydrogen (secondary N) is 1. The minimum atomic E-state index is -0.221. The van der Waals surface area contributed by atoms with Crippen LogP contribution in [0.4, 0.5) is 5.69 Å². The van der Waals surface area contributed by atoms with Gasteiger partial charge in [-0.15, -0.1) is 0 Å². The minimum absolute atomic E-state index is 0.0234. The number of hydrogen-bond donors (Lipinski definition) is 1. The van der Waals surface area contributed by atoms with Gasteiger partial charge in [-0.05, 0) is 24.1 Å². The van der Waals surface area contributed by atoms with Crippen molar-refractivity contribution in [3.63, 3.8) is 0 Å². The van der Waals surface area contributed by atoms with Crippen LogP contribution in [0, 0.1) is 5.92 Å². The maximum Gasteiger partial charge on any atom is 0.266 e. The molecule has 2 saturated heterocycles. The summed E-state index contributed by atoms with van der Waals surface area (Å²) in [5, 5.41) is 6.24. The molecule has 0 radical (unpaired) electrons. The molecule has 2 aromatic rings. The van der Waals surface area contributed by atoms with Gasteiger partial charge >= 0.3 is 0 Å². The van der Waals surface area contributed by atoms with Gasteiger partial charge in [-0.3, -0.25) is 14.5 Å². The molecule has 1 N–H and O–H groups in total. The summed E-state index contributed by atoms with van der Waals surface area (Å²) < 4.78 is 10.8. The molecule has 0 aliphatic carbocycles. The van der Waals surface area contributed by atoms with Crippen molar-refractivity contribution in [2.24, 2.45) is 5.92 Å². The highest BCUT2D eigenvalue weighted by atomic mass is 16.7. The maximum absolute atomic E-state index is 13.0. The van der Waals surface area contributed by atoms with E-state index in [1.807, 2.05) is 17.0 Å². The summed E-state index contributed by atoms with van der Waals surface area (Å²) in [6.07, 6.45) is 2.45. The van der Waals surface area contributed by atoms with Gasteiger partial charge in [0.05, 0.1) is 17.8 Å². The molecule has 9 heteroatoms. The Balaban J connectivity index is 1.13. The topological polar surface area (TPSA) is 91.0 Å². The summed E-state index contributed by atoms with van der Waals surface area (Å²) in [5.74, 6) is 1.81. The highest BCUT2D eigenvalue weighted by Gasteiger charge is 2.33. The van der Waals surface area contributed by atoms with Crippen molar-refractivity contribution in [1.82, 2.24) is 20.0 Å².